The quantitative estimate of drug-likeness (QED) is 0.629. The smallest absolute Gasteiger partial charge is 0.126 e. The fourth-order valence-corrected chi connectivity index (χ4v) is 2.91. The normalized spacial score (nSPS) is 21.9. The summed E-state index contributed by atoms with van der Waals surface area (Å²) in [5.41, 5.74) is 3.42. The molecular formula is C14H21BrFN3O. The van der Waals surface area contributed by atoms with E-state index in [1.165, 1.54) is 6.07 Å². The topological polar surface area (TPSA) is 50.5 Å². The Morgan fingerprint density at radius 3 is 3.10 bits per heavy atom. The Morgan fingerprint density at radius 1 is 1.60 bits per heavy atom. The largest absolute Gasteiger partial charge is 0.374 e. The lowest BCUT2D eigenvalue weighted by Crippen LogP contribution is -2.54. The molecule has 1 fully saturated rings. The molecule has 0 saturated carbocycles. The van der Waals surface area contributed by atoms with E-state index in [0.29, 0.717) is 18.6 Å². The van der Waals surface area contributed by atoms with Crippen LogP contribution in [0, 0.1) is 5.82 Å². The molecule has 0 spiro atoms. The van der Waals surface area contributed by atoms with Gasteiger partial charge < -0.3 is 4.74 Å². The van der Waals surface area contributed by atoms with Gasteiger partial charge in [0.2, 0.25) is 0 Å². The summed E-state index contributed by atoms with van der Waals surface area (Å²) in [6.07, 6.45) is 0.483. The fourth-order valence-electron chi connectivity index (χ4n) is 2.50. The van der Waals surface area contributed by atoms with Crippen LogP contribution in [0.2, 0.25) is 0 Å². The van der Waals surface area contributed by atoms with E-state index in [2.05, 4.69) is 33.2 Å². The second-order valence-corrected chi connectivity index (χ2v) is 5.93. The molecule has 2 atom stereocenters. The molecule has 1 aliphatic rings. The van der Waals surface area contributed by atoms with E-state index < -0.39 is 0 Å². The highest BCUT2D eigenvalue weighted by atomic mass is 79.9. The standard InChI is InChI=1S/C14H21BrFN3O/c1-2-19-5-6-20-14(9-19)13(18-17)8-10-7-11(15)3-4-12(10)16/h3-4,7,13-14,18H,2,5-6,8-9,17H2,1H3. The van der Waals surface area contributed by atoms with Gasteiger partial charge in [-0.2, -0.15) is 0 Å². The first-order valence-electron chi connectivity index (χ1n) is 6.88. The molecule has 3 N–H and O–H groups in total. The van der Waals surface area contributed by atoms with Crippen molar-refractivity contribution in [1.29, 1.82) is 0 Å². The van der Waals surface area contributed by atoms with Crippen molar-refractivity contribution in [3.63, 3.8) is 0 Å². The van der Waals surface area contributed by atoms with Gasteiger partial charge in [0.25, 0.3) is 0 Å². The maximum absolute atomic E-state index is 13.8. The molecule has 6 heteroatoms. The van der Waals surface area contributed by atoms with Crippen LogP contribution in [0.15, 0.2) is 22.7 Å². The van der Waals surface area contributed by atoms with Crippen LogP contribution >= 0.6 is 15.9 Å². The van der Waals surface area contributed by atoms with E-state index in [0.717, 1.165) is 24.1 Å². The molecule has 20 heavy (non-hydrogen) atoms. The highest BCUT2D eigenvalue weighted by molar-refractivity contribution is 9.10. The van der Waals surface area contributed by atoms with Crippen molar-refractivity contribution in [2.24, 2.45) is 5.84 Å². The van der Waals surface area contributed by atoms with Gasteiger partial charge in [0.05, 0.1) is 18.8 Å². The summed E-state index contributed by atoms with van der Waals surface area (Å²) in [5, 5.41) is 0. The maximum Gasteiger partial charge on any atom is 0.126 e. The molecule has 112 valence electrons. The van der Waals surface area contributed by atoms with E-state index in [4.69, 9.17) is 10.6 Å². The zero-order valence-corrected chi connectivity index (χ0v) is 13.2. The molecule has 1 saturated heterocycles. The minimum Gasteiger partial charge on any atom is -0.374 e. The van der Waals surface area contributed by atoms with Crippen LogP contribution in [0.5, 0.6) is 0 Å². The first-order valence-corrected chi connectivity index (χ1v) is 7.67. The van der Waals surface area contributed by atoms with E-state index in [9.17, 15) is 4.39 Å². The van der Waals surface area contributed by atoms with Crippen LogP contribution in [0.25, 0.3) is 0 Å². The Bertz CT molecular complexity index is 446. The number of morpholine rings is 1. The minimum absolute atomic E-state index is 0.0212. The maximum atomic E-state index is 13.8. The van der Waals surface area contributed by atoms with Gasteiger partial charge >= 0.3 is 0 Å². The third-order valence-electron chi connectivity index (χ3n) is 3.74. The Labute approximate surface area is 127 Å². The Balaban J connectivity index is 2.06. The Kier molecular flexibility index (Phi) is 5.92. The number of benzene rings is 1. The van der Waals surface area contributed by atoms with Crippen molar-refractivity contribution in [2.45, 2.75) is 25.5 Å². The van der Waals surface area contributed by atoms with Crippen LogP contribution in [-0.2, 0) is 11.2 Å². The number of hydrazine groups is 1. The van der Waals surface area contributed by atoms with Gasteiger partial charge in [0.1, 0.15) is 5.82 Å². The molecule has 1 heterocycles. The summed E-state index contributed by atoms with van der Waals surface area (Å²) in [5.74, 6) is 5.43. The molecule has 1 aromatic carbocycles. The number of nitrogens with zero attached hydrogens (tertiary/aromatic N) is 1. The highest BCUT2D eigenvalue weighted by Crippen LogP contribution is 2.19. The minimum atomic E-state index is -0.211. The highest BCUT2D eigenvalue weighted by Gasteiger charge is 2.27. The van der Waals surface area contributed by atoms with Gasteiger partial charge in [0.15, 0.2) is 0 Å². The van der Waals surface area contributed by atoms with Crippen molar-refractivity contribution in [2.75, 3.05) is 26.2 Å². The average molecular weight is 346 g/mol. The van der Waals surface area contributed by atoms with Crippen molar-refractivity contribution in [1.82, 2.24) is 10.3 Å². The van der Waals surface area contributed by atoms with Crippen LogP contribution in [-0.4, -0.2) is 43.3 Å². The first-order chi connectivity index (χ1) is 9.63. The monoisotopic (exact) mass is 345 g/mol. The number of ether oxygens (including phenoxy) is 1. The second kappa shape index (κ2) is 7.47. The lowest BCUT2D eigenvalue weighted by atomic mass is 10.00. The molecule has 0 aliphatic carbocycles. The van der Waals surface area contributed by atoms with Crippen molar-refractivity contribution < 1.29 is 9.13 Å². The van der Waals surface area contributed by atoms with Crippen LogP contribution < -0.4 is 11.3 Å². The second-order valence-electron chi connectivity index (χ2n) is 5.02. The zero-order chi connectivity index (χ0) is 14.5. The van der Waals surface area contributed by atoms with E-state index in [-0.39, 0.29) is 18.0 Å². The van der Waals surface area contributed by atoms with Crippen LogP contribution in [0.3, 0.4) is 0 Å². The predicted octanol–water partition coefficient (Wildman–Crippen LogP) is 1.68. The molecule has 0 radical (unpaired) electrons. The lowest BCUT2D eigenvalue weighted by molar-refractivity contribution is -0.0448. The number of halogens is 2. The summed E-state index contributed by atoms with van der Waals surface area (Å²) in [7, 11) is 0. The van der Waals surface area contributed by atoms with Gasteiger partial charge in [-0.05, 0) is 36.7 Å². The molecule has 2 unspecified atom stereocenters. The molecule has 4 nitrogen and oxygen atoms in total. The summed E-state index contributed by atoms with van der Waals surface area (Å²) in [4.78, 5) is 2.32. The Morgan fingerprint density at radius 2 is 2.40 bits per heavy atom. The number of rotatable bonds is 5. The molecule has 1 aromatic rings. The van der Waals surface area contributed by atoms with Gasteiger partial charge in [-0.3, -0.25) is 16.2 Å². The SMILES string of the molecule is CCN1CCOC(C(Cc2cc(Br)ccc2F)NN)C1. The molecule has 0 amide bonds. The summed E-state index contributed by atoms with van der Waals surface area (Å²) >= 11 is 3.37. The van der Waals surface area contributed by atoms with Gasteiger partial charge in [-0.1, -0.05) is 22.9 Å². The number of nitrogens with two attached hydrogens (primary N) is 1. The van der Waals surface area contributed by atoms with Crippen molar-refractivity contribution in [3.05, 3.63) is 34.1 Å². The van der Waals surface area contributed by atoms with E-state index in [1.54, 1.807) is 12.1 Å². The van der Waals surface area contributed by atoms with E-state index in [1.807, 2.05) is 0 Å². The predicted molar refractivity (Wildman–Crippen MR) is 80.8 cm³/mol. The molecular weight excluding hydrogens is 325 g/mol. The third-order valence-corrected chi connectivity index (χ3v) is 4.23. The molecule has 0 aromatic heterocycles. The first kappa shape index (κ1) is 15.9. The number of hydrogen-bond acceptors (Lipinski definition) is 4. The third kappa shape index (κ3) is 3.99. The number of nitrogens with one attached hydrogen (secondary N) is 1. The summed E-state index contributed by atoms with van der Waals surface area (Å²) in [6, 6.07) is 4.85. The molecule has 1 aliphatic heterocycles. The molecule has 2 rings (SSSR count). The molecule has 0 bridgehead atoms. The Hall–Kier alpha value is -0.530. The van der Waals surface area contributed by atoms with E-state index >= 15 is 0 Å². The van der Waals surface area contributed by atoms with Crippen LogP contribution in [0.1, 0.15) is 12.5 Å². The number of likely N-dealkylation sites (N-methyl/N-ethyl adjacent to an activating group) is 1. The fraction of sp³-hybridized carbons (Fsp3) is 0.571. The van der Waals surface area contributed by atoms with Gasteiger partial charge in [-0.15, -0.1) is 0 Å². The van der Waals surface area contributed by atoms with Gasteiger partial charge in [-0.25, -0.2) is 4.39 Å². The zero-order valence-electron chi connectivity index (χ0n) is 11.6. The van der Waals surface area contributed by atoms with Crippen molar-refractivity contribution >= 4 is 15.9 Å². The lowest BCUT2D eigenvalue weighted by Gasteiger charge is -2.36. The number of hydrogen-bond donors (Lipinski definition) is 2. The van der Waals surface area contributed by atoms with Crippen LogP contribution in [0.4, 0.5) is 4.39 Å². The summed E-state index contributed by atoms with van der Waals surface area (Å²) < 4.78 is 20.5. The summed E-state index contributed by atoms with van der Waals surface area (Å²) in [6.45, 7) is 5.57. The van der Waals surface area contributed by atoms with Crippen molar-refractivity contribution in [3.8, 4) is 0 Å². The van der Waals surface area contributed by atoms with Gasteiger partial charge in [0, 0.05) is 17.6 Å². The average Bonchev–Trinajstić information content (AvgIpc) is 2.48.